The summed E-state index contributed by atoms with van der Waals surface area (Å²) in [7, 11) is 1.91. The molecule has 0 saturated heterocycles. The summed E-state index contributed by atoms with van der Waals surface area (Å²) < 4.78 is 3.61. The normalized spacial score (nSPS) is 12.8. The van der Waals surface area contributed by atoms with Crippen LogP contribution in [0.3, 0.4) is 0 Å². The molecule has 1 atom stereocenters. The van der Waals surface area contributed by atoms with Crippen molar-refractivity contribution < 1.29 is 0 Å². The van der Waals surface area contributed by atoms with Gasteiger partial charge in [-0.05, 0) is 30.7 Å². The molecule has 4 aromatic heterocycles. The molecule has 5 rings (SSSR count). The van der Waals surface area contributed by atoms with Crippen molar-refractivity contribution in [1.82, 2.24) is 39.9 Å². The lowest BCUT2D eigenvalue weighted by Gasteiger charge is -2.05. The third-order valence-electron chi connectivity index (χ3n) is 4.82. The fourth-order valence-corrected chi connectivity index (χ4v) is 4.13. The molecule has 0 saturated carbocycles. The molecule has 0 radical (unpaired) electrons. The van der Waals surface area contributed by atoms with Gasteiger partial charge >= 0.3 is 0 Å². The van der Waals surface area contributed by atoms with Crippen molar-refractivity contribution in [2.75, 3.05) is 0 Å². The van der Waals surface area contributed by atoms with Crippen molar-refractivity contribution in [2.24, 2.45) is 12.8 Å². The number of fused-ring (bicyclic) bond motifs is 2. The number of nitrogens with two attached hydrogens (primary N) is 1. The number of nitrogens with zero attached hydrogens (tertiary/aromatic N) is 7. The summed E-state index contributed by atoms with van der Waals surface area (Å²) in [6.07, 6.45) is 6.27. The minimum atomic E-state index is -0.0819. The standard InChI is InChI=1S/C20H21N9S/c1-12(21)22-10-19-27-29-18(25-26-20(29)30-19)6-13-3-4-17-14(5-13)7-15(8-23-17)16-9-24-28(2)11-16/h3-5,7-9,11-12,22H,6,10,21H2,1-2H3/t12-/m0/s1. The molecule has 0 unspecified atom stereocenters. The average Bonchev–Trinajstić information content (AvgIpc) is 3.43. The summed E-state index contributed by atoms with van der Waals surface area (Å²) >= 11 is 1.52. The van der Waals surface area contributed by atoms with E-state index in [-0.39, 0.29) is 6.17 Å². The van der Waals surface area contributed by atoms with Gasteiger partial charge in [-0.25, -0.2) is 0 Å². The summed E-state index contributed by atoms with van der Waals surface area (Å²) in [4.78, 5) is 5.38. The molecule has 10 heteroatoms. The van der Waals surface area contributed by atoms with Crippen molar-refractivity contribution in [3.63, 3.8) is 0 Å². The second-order valence-corrected chi connectivity index (χ2v) is 8.35. The van der Waals surface area contributed by atoms with E-state index in [1.807, 2.05) is 43.1 Å². The van der Waals surface area contributed by atoms with Crippen LogP contribution in [0.15, 0.2) is 42.9 Å². The van der Waals surface area contributed by atoms with Gasteiger partial charge in [0, 0.05) is 42.4 Å². The maximum Gasteiger partial charge on any atom is 0.234 e. The first-order valence-corrected chi connectivity index (χ1v) is 10.4. The number of pyridine rings is 1. The Kier molecular flexibility index (Phi) is 4.74. The summed E-state index contributed by atoms with van der Waals surface area (Å²) in [5.74, 6) is 0.809. The molecule has 0 aliphatic heterocycles. The highest BCUT2D eigenvalue weighted by Crippen LogP contribution is 2.24. The Morgan fingerprint density at radius 3 is 2.87 bits per heavy atom. The van der Waals surface area contributed by atoms with E-state index in [4.69, 9.17) is 5.73 Å². The van der Waals surface area contributed by atoms with Crippen LogP contribution in [0, 0.1) is 0 Å². The zero-order valence-electron chi connectivity index (χ0n) is 16.6. The Balaban J connectivity index is 1.43. The van der Waals surface area contributed by atoms with Gasteiger partial charge in [-0.3, -0.25) is 15.0 Å². The summed E-state index contributed by atoms with van der Waals surface area (Å²) in [5, 5.41) is 22.7. The van der Waals surface area contributed by atoms with E-state index in [2.05, 4.69) is 48.9 Å². The molecule has 0 bridgehead atoms. The van der Waals surface area contributed by atoms with E-state index in [0.717, 1.165) is 43.4 Å². The summed E-state index contributed by atoms with van der Waals surface area (Å²) in [5.41, 5.74) is 9.93. The number of hydrogen-bond donors (Lipinski definition) is 2. The third-order valence-corrected chi connectivity index (χ3v) is 5.72. The first kappa shape index (κ1) is 18.8. The SMILES string of the molecule is C[C@@H](N)NCc1nn2c(Cc3ccc4ncc(-c5cnn(C)c5)cc4c3)nnc2s1. The number of hydrogen-bond acceptors (Lipinski definition) is 8. The predicted octanol–water partition coefficient (Wildman–Crippen LogP) is 2.12. The quantitative estimate of drug-likeness (QED) is 0.405. The van der Waals surface area contributed by atoms with Crippen LogP contribution in [0.4, 0.5) is 0 Å². The molecular formula is C20H21N9S. The molecule has 4 heterocycles. The van der Waals surface area contributed by atoms with E-state index in [0.29, 0.717) is 13.0 Å². The van der Waals surface area contributed by atoms with Crippen LogP contribution >= 0.6 is 11.3 Å². The highest BCUT2D eigenvalue weighted by molar-refractivity contribution is 7.16. The fourth-order valence-electron chi connectivity index (χ4n) is 3.33. The van der Waals surface area contributed by atoms with Gasteiger partial charge in [0.25, 0.3) is 0 Å². The molecule has 5 aromatic rings. The molecule has 152 valence electrons. The third kappa shape index (κ3) is 3.67. The van der Waals surface area contributed by atoms with Crippen LogP contribution in [0.1, 0.15) is 23.3 Å². The van der Waals surface area contributed by atoms with Gasteiger partial charge in [-0.15, -0.1) is 10.2 Å². The van der Waals surface area contributed by atoms with Crippen molar-refractivity contribution in [1.29, 1.82) is 0 Å². The largest absolute Gasteiger partial charge is 0.316 e. The van der Waals surface area contributed by atoms with Gasteiger partial charge in [0.15, 0.2) is 5.82 Å². The predicted molar refractivity (Wildman–Crippen MR) is 116 cm³/mol. The maximum atomic E-state index is 5.76. The van der Waals surface area contributed by atoms with Gasteiger partial charge in [-0.2, -0.15) is 14.7 Å². The number of nitrogens with one attached hydrogen (secondary N) is 1. The smallest absolute Gasteiger partial charge is 0.234 e. The Labute approximate surface area is 176 Å². The van der Waals surface area contributed by atoms with Crippen molar-refractivity contribution >= 4 is 27.2 Å². The van der Waals surface area contributed by atoms with Gasteiger partial charge in [-0.1, -0.05) is 17.4 Å². The van der Waals surface area contributed by atoms with Crippen LogP contribution in [0.2, 0.25) is 0 Å². The van der Waals surface area contributed by atoms with Crippen LogP contribution < -0.4 is 11.1 Å². The molecule has 9 nitrogen and oxygen atoms in total. The van der Waals surface area contributed by atoms with E-state index in [1.54, 1.807) is 4.68 Å². The highest BCUT2D eigenvalue weighted by atomic mass is 32.1. The van der Waals surface area contributed by atoms with E-state index in [9.17, 15) is 0 Å². The van der Waals surface area contributed by atoms with Gasteiger partial charge < -0.3 is 5.73 Å². The van der Waals surface area contributed by atoms with Gasteiger partial charge in [0.05, 0.1) is 24.4 Å². The Hall–Kier alpha value is -3.21. The second-order valence-electron chi connectivity index (χ2n) is 7.31. The monoisotopic (exact) mass is 419 g/mol. The van der Waals surface area contributed by atoms with Crippen molar-refractivity contribution in [3.8, 4) is 11.1 Å². The van der Waals surface area contributed by atoms with Crippen molar-refractivity contribution in [2.45, 2.75) is 26.1 Å². The summed E-state index contributed by atoms with van der Waals surface area (Å²) in [6.45, 7) is 2.52. The first-order valence-electron chi connectivity index (χ1n) is 9.62. The average molecular weight is 420 g/mol. The molecule has 30 heavy (non-hydrogen) atoms. The number of aryl methyl sites for hydroxylation is 1. The Morgan fingerprint density at radius 1 is 1.17 bits per heavy atom. The van der Waals surface area contributed by atoms with Crippen LogP contribution in [-0.4, -0.2) is 40.7 Å². The number of benzene rings is 1. The minimum absolute atomic E-state index is 0.0819. The Bertz CT molecular complexity index is 1330. The second kappa shape index (κ2) is 7.56. The molecular weight excluding hydrogens is 398 g/mol. The number of aromatic nitrogens is 7. The van der Waals surface area contributed by atoms with Crippen LogP contribution in [-0.2, 0) is 20.0 Å². The highest BCUT2D eigenvalue weighted by Gasteiger charge is 2.13. The molecule has 0 aliphatic carbocycles. The van der Waals surface area contributed by atoms with E-state index in [1.165, 1.54) is 11.3 Å². The molecule has 1 aromatic carbocycles. The molecule has 0 aliphatic rings. The lowest BCUT2D eigenvalue weighted by molar-refractivity contribution is 0.561. The van der Waals surface area contributed by atoms with E-state index < -0.39 is 0 Å². The minimum Gasteiger partial charge on any atom is -0.316 e. The molecule has 3 N–H and O–H groups in total. The van der Waals surface area contributed by atoms with Crippen molar-refractivity contribution in [3.05, 3.63) is 59.3 Å². The van der Waals surface area contributed by atoms with Crippen LogP contribution in [0.5, 0.6) is 0 Å². The molecule has 0 spiro atoms. The Morgan fingerprint density at radius 2 is 2.07 bits per heavy atom. The molecule has 0 fully saturated rings. The first-order chi connectivity index (χ1) is 14.5. The zero-order valence-corrected chi connectivity index (χ0v) is 17.5. The zero-order chi connectivity index (χ0) is 20.7. The maximum absolute atomic E-state index is 5.76. The summed E-state index contributed by atoms with van der Waals surface area (Å²) in [6, 6.07) is 8.40. The van der Waals surface area contributed by atoms with Gasteiger partial charge in [0.1, 0.15) is 5.01 Å². The lowest BCUT2D eigenvalue weighted by Crippen LogP contribution is -2.33. The lowest BCUT2D eigenvalue weighted by atomic mass is 10.0. The number of rotatable bonds is 6. The molecule has 0 amide bonds. The van der Waals surface area contributed by atoms with Gasteiger partial charge in [0.2, 0.25) is 4.96 Å². The fraction of sp³-hybridized carbons (Fsp3) is 0.250. The van der Waals surface area contributed by atoms with E-state index >= 15 is 0 Å². The van der Waals surface area contributed by atoms with Crippen LogP contribution in [0.25, 0.3) is 27.0 Å². The topological polar surface area (TPSA) is 112 Å².